The van der Waals surface area contributed by atoms with Crippen molar-refractivity contribution in [3.63, 3.8) is 0 Å². The minimum atomic E-state index is -0.587. The zero-order valence-corrected chi connectivity index (χ0v) is 21.2. The van der Waals surface area contributed by atoms with Crippen LogP contribution in [0.2, 0.25) is 0 Å². The number of fused-ring (bicyclic) bond motifs is 1. The van der Waals surface area contributed by atoms with Crippen LogP contribution in [-0.2, 0) is 21.4 Å². The summed E-state index contributed by atoms with van der Waals surface area (Å²) in [4.78, 5) is 48.2. The van der Waals surface area contributed by atoms with Gasteiger partial charge in [0, 0.05) is 36.5 Å². The lowest BCUT2D eigenvalue weighted by atomic mass is 9.84. The fourth-order valence-electron chi connectivity index (χ4n) is 5.73. The summed E-state index contributed by atoms with van der Waals surface area (Å²) >= 11 is 0. The summed E-state index contributed by atoms with van der Waals surface area (Å²) in [6, 6.07) is 8.50. The number of benzene rings is 1. The molecule has 2 aliphatic rings. The normalized spacial score (nSPS) is 19.2. The molecular formula is C29H34N4O4. The second-order valence-electron chi connectivity index (χ2n) is 10.1. The molecule has 3 N–H and O–H groups in total. The summed E-state index contributed by atoms with van der Waals surface area (Å²) in [5, 5.41) is 10.2. The molecule has 1 saturated carbocycles. The topological polar surface area (TPSA) is 109 Å². The van der Waals surface area contributed by atoms with Crippen LogP contribution in [0.4, 0.5) is 0 Å². The maximum Gasteiger partial charge on any atom is 0.268 e. The first-order valence-electron chi connectivity index (χ1n) is 13.1. The van der Waals surface area contributed by atoms with Crippen molar-refractivity contribution in [2.75, 3.05) is 6.54 Å². The summed E-state index contributed by atoms with van der Waals surface area (Å²) in [5.74, 6) is 5.76. The zero-order valence-electron chi connectivity index (χ0n) is 21.2. The van der Waals surface area contributed by atoms with Crippen LogP contribution in [0.5, 0.6) is 0 Å². The van der Waals surface area contributed by atoms with Gasteiger partial charge in [0.25, 0.3) is 5.91 Å². The van der Waals surface area contributed by atoms with Gasteiger partial charge in [-0.05, 0) is 37.3 Å². The summed E-state index contributed by atoms with van der Waals surface area (Å²) in [5.41, 5.74) is 2.13. The average molecular weight is 503 g/mol. The molecule has 2 fully saturated rings. The van der Waals surface area contributed by atoms with Gasteiger partial charge in [-0.2, -0.15) is 0 Å². The predicted molar refractivity (Wildman–Crippen MR) is 142 cm³/mol. The Morgan fingerprint density at radius 3 is 2.59 bits per heavy atom. The quantitative estimate of drug-likeness (QED) is 0.431. The second-order valence-corrected chi connectivity index (χ2v) is 10.1. The lowest BCUT2D eigenvalue weighted by Crippen LogP contribution is -2.45. The molecule has 194 valence electrons. The van der Waals surface area contributed by atoms with Crippen LogP contribution in [0.3, 0.4) is 0 Å². The molecule has 1 amide bonds. The van der Waals surface area contributed by atoms with Crippen LogP contribution in [0, 0.1) is 11.8 Å². The Kier molecular flexibility index (Phi) is 8.81. The van der Waals surface area contributed by atoms with Crippen LogP contribution in [0.25, 0.3) is 10.9 Å². The molecule has 1 aliphatic carbocycles. The van der Waals surface area contributed by atoms with Crippen molar-refractivity contribution in [1.82, 2.24) is 20.5 Å². The van der Waals surface area contributed by atoms with E-state index in [1.807, 2.05) is 59.8 Å². The SMILES string of the molecule is Cn1c(C(=O)N[C@@H](CC2CCCCC2)C(=C=O)N[C@H](C=C=O)C[C@@H]2CCNC2=C=O)cc2ccccc21. The van der Waals surface area contributed by atoms with Gasteiger partial charge in [-0.25, -0.2) is 14.4 Å². The number of nitrogens with zero attached hydrogens (tertiary/aromatic N) is 1. The number of hydrogen-bond acceptors (Lipinski definition) is 6. The van der Waals surface area contributed by atoms with Gasteiger partial charge in [0.05, 0.1) is 17.8 Å². The van der Waals surface area contributed by atoms with Gasteiger partial charge in [-0.1, -0.05) is 50.3 Å². The van der Waals surface area contributed by atoms with E-state index in [0.29, 0.717) is 36.7 Å². The fraction of sp³-hybridized carbons (Fsp3) is 0.483. The van der Waals surface area contributed by atoms with Gasteiger partial charge >= 0.3 is 0 Å². The van der Waals surface area contributed by atoms with Crippen LogP contribution in [0.15, 0.2) is 47.8 Å². The van der Waals surface area contributed by atoms with Crippen LogP contribution < -0.4 is 16.0 Å². The summed E-state index contributed by atoms with van der Waals surface area (Å²) < 4.78 is 1.85. The Hall–Kier alpha value is -3.82. The molecular weight excluding hydrogens is 468 g/mol. The Morgan fingerprint density at radius 2 is 1.89 bits per heavy atom. The van der Waals surface area contributed by atoms with E-state index in [4.69, 9.17) is 0 Å². The highest BCUT2D eigenvalue weighted by molar-refractivity contribution is 5.99. The van der Waals surface area contributed by atoms with E-state index in [-0.39, 0.29) is 17.5 Å². The van der Waals surface area contributed by atoms with Crippen molar-refractivity contribution >= 4 is 34.6 Å². The highest BCUT2D eigenvalue weighted by Crippen LogP contribution is 2.29. The highest BCUT2D eigenvalue weighted by atomic mass is 16.2. The number of aromatic nitrogens is 1. The number of carbonyl (C=O) groups excluding carboxylic acids is 4. The number of amides is 1. The van der Waals surface area contributed by atoms with E-state index in [2.05, 4.69) is 16.0 Å². The van der Waals surface area contributed by atoms with Crippen LogP contribution in [0.1, 0.15) is 61.9 Å². The molecule has 0 radical (unpaired) electrons. The standard InChI is InChI=1S/C29H34N4O4/c1-33-27-10-6-5-9-22(27)17-28(33)29(37)32-24(15-20-7-3-2-4-8-20)26(19-36)31-23(12-14-34)16-21-11-13-30-25(21)18-35/h5-6,9-10,12,17,20-21,23-24,30-31H,2-4,7-8,11,13,15-16H2,1H3,(H,32,37)/t21-,23+,24-/m0/s1. The molecule has 0 bridgehead atoms. The maximum absolute atomic E-state index is 13.5. The third-order valence-corrected chi connectivity index (χ3v) is 7.72. The van der Waals surface area contributed by atoms with Crippen molar-refractivity contribution in [3.8, 4) is 0 Å². The van der Waals surface area contributed by atoms with Gasteiger partial charge in [-0.15, -0.1) is 0 Å². The molecule has 1 aliphatic heterocycles. The Balaban J connectivity index is 1.56. The van der Waals surface area contributed by atoms with Crippen molar-refractivity contribution in [2.24, 2.45) is 18.9 Å². The fourth-order valence-corrected chi connectivity index (χ4v) is 5.73. The minimum absolute atomic E-state index is 0.102. The molecule has 1 aromatic heterocycles. The predicted octanol–water partition coefficient (Wildman–Crippen LogP) is 3.02. The van der Waals surface area contributed by atoms with Gasteiger partial charge in [0.2, 0.25) is 0 Å². The third-order valence-electron chi connectivity index (χ3n) is 7.72. The van der Waals surface area contributed by atoms with Crippen LogP contribution in [-0.4, -0.2) is 46.9 Å². The highest BCUT2D eigenvalue weighted by Gasteiger charge is 2.29. The zero-order chi connectivity index (χ0) is 26.2. The molecule has 1 aromatic carbocycles. The third kappa shape index (κ3) is 6.31. The Labute approximate surface area is 216 Å². The van der Waals surface area contributed by atoms with E-state index in [1.54, 1.807) is 0 Å². The lowest BCUT2D eigenvalue weighted by molar-refractivity contribution is 0.0927. The molecule has 2 heterocycles. The van der Waals surface area contributed by atoms with Crippen LogP contribution >= 0.6 is 0 Å². The van der Waals surface area contributed by atoms with Gasteiger partial charge in [0.1, 0.15) is 29.2 Å². The van der Waals surface area contributed by atoms with E-state index < -0.39 is 12.1 Å². The van der Waals surface area contributed by atoms with Crippen molar-refractivity contribution in [1.29, 1.82) is 0 Å². The van der Waals surface area contributed by atoms with E-state index in [0.717, 1.165) is 43.0 Å². The average Bonchev–Trinajstić information content (AvgIpc) is 3.51. The monoisotopic (exact) mass is 502 g/mol. The number of aryl methyl sites for hydroxylation is 1. The first-order valence-corrected chi connectivity index (χ1v) is 13.1. The van der Waals surface area contributed by atoms with E-state index in [9.17, 15) is 19.2 Å². The molecule has 37 heavy (non-hydrogen) atoms. The number of rotatable bonds is 10. The molecule has 3 atom stereocenters. The van der Waals surface area contributed by atoms with Crippen molar-refractivity contribution in [2.45, 2.75) is 63.5 Å². The Bertz CT molecular complexity index is 1270. The summed E-state index contributed by atoms with van der Waals surface area (Å²) in [6.07, 6.45) is 8.65. The van der Waals surface area contributed by atoms with Gasteiger partial charge in [0.15, 0.2) is 0 Å². The number of nitrogens with one attached hydrogen (secondary N) is 3. The molecule has 4 rings (SSSR count). The van der Waals surface area contributed by atoms with Gasteiger partial charge in [-0.3, -0.25) is 4.79 Å². The summed E-state index contributed by atoms with van der Waals surface area (Å²) in [7, 11) is 1.85. The van der Waals surface area contributed by atoms with Crippen molar-refractivity contribution < 1.29 is 19.2 Å². The second kappa shape index (κ2) is 12.4. The molecule has 0 spiro atoms. The lowest BCUT2D eigenvalue weighted by Gasteiger charge is -2.29. The van der Waals surface area contributed by atoms with E-state index in [1.165, 1.54) is 12.5 Å². The maximum atomic E-state index is 13.5. The van der Waals surface area contributed by atoms with Crippen molar-refractivity contribution in [3.05, 3.63) is 53.5 Å². The first-order chi connectivity index (χ1) is 18.0. The largest absolute Gasteiger partial charge is 0.379 e. The van der Waals surface area contributed by atoms with Gasteiger partial charge < -0.3 is 20.5 Å². The molecule has 0 unspecified atom stereocenters. The molecule has 8 nitrogen and oxygen atoms in total. The number of hydrogen-bond donors (Lipinski definition) is 3. The smallest absolute Gasteiger partial charge is 0.268 e. The number of allylic oxidation sites excluding steroid dienone is 1. The molecule has 8 heteroatoms. The summed E-state index contributed by atoms with van der Waals surface area (Å²) in [6.45, 7) is 0.661. The molecule has 2 aromatic rings. The van der Waals surface area contributed by atoms with E-state index >= 15 is 0 Å². The minimum Gasteiger partial charge on any atom is -0.379 e. The number of para-hydroxylation sites is 1. The first kappa shape index (κ1) is 26.2. The number of carbonyl (C=O) groups is 1. The molecule has 1 saturated heterocycles. The Morgan fingerprint density at radius 1 is 1.11 bits per heavy atom.